The van der Waals surface area contributed by atoms with Gasteiger partial charge < -0.3 is 5.32 Å². The van der Waals surface area contributed by atoms with Crippen molar-refractivity contribution in [2.75, 3.05) is 0 Å². The van der Waals surface area contributed by atoms with Crippen LogP contribution in [0.5, 0.6) is 0 Å². The second kappa shape index (κ2) is 5.36. The Kier molecular flexibility index (Phi) is 3.47. The van der Waals surface area contributed by atoms with Crippen LogP contribution >= 0.6 is 0 Å². The molecule has 1 N–H and O–H groups in total. The van der Waals surface area contributed by atoms with Gasteiger partial charge in [0, 0.05) is 17.9 Å². The summed E-state index contributed by atoms with van der Waals surface area (Å²) in [5, 5.41) is 3.31. The lowest BCUT2D eigenvalue weighted by molar-refractivity contribution is -0.125. The van der Waals surface area contributed by atoms with Crippen molar-refractivity contribution in [2.24, 2.45) is 23.2 Å². The van der Waals surface area contributed by atoms with Crippen molar-refractivity contribution in [2.45, 2.75) is 57.9 Å². The van der Waals surface area contributed by atoms with Gasteiger partial charge in [-0.2, -0.15) is 0 Å². The molecule has 1 atom stereocenters. The summed E-state index contributed by atoms with van der Waals surface area (Å²) in [5.74, 6) is 2.92. The van der Waals surface area contributed by atoms with E-state index in [9.17, 15) is 4.79 Å². The van der Waals surface area contributed by atoms with Gasteiger partial charge in [-0.1, -0.05) is 6.07 Å². The van der Waals surface area contributed by atoms with Crippen LogP contribution in [0.1, 0.15) is 51.1 Å². The number of amides is 1. The Morgan fingerprint density at radius 1 is 1.23 bits per heavy atom. The van der Waals surface area contributed by atoms with Crippen LogP contribution < -0.4 is 5.32 Å². The summed E-state index contributed by atoms with van der Waals surface area (Å²) in [6.07, 6.45) is 10.5. The third-order valence-electron chi connectivity index (χ3n) is 6.45. The predicted octanol–water partition coefficient (Wildman–Crippen LogP) is 3.35. The minimum Gasteiger partial charge on any atom is -0.353 e. The summed E-state index contributed by atoms with van der Waals surface area (Å²) >= 11 is 0. The Bertz CT molecular complexity index is 519. The zero-order valence-corrected chi connectivity index (χ0v) is 13.4. The van der Waals surface area contributed by atoms with Gasteiger partial charge in [-0.3, -0.25) is 9.78 Å². The van der Waals surface area contributed by atoms with Crippen molar-refractivity contribution >= 4 is 5.91 Å². The van der Waals surface area contributed by atoms with Crippen LogP contribution in [0.2, 0.25) is 0 Å². The summed E-state index contributed by atoms with van der Waals surface area (Å²) in [5.41, 5.74) is 1.24. The Morgan fingerprint density at radius 3 is 2.41 bits per heavy atom. The van der Waals surface area contributed by atoms with Gasteiger partial charge >= 0.3 is 0 Å². The van der Waals surface area contributed by atoms with Crippen molar-refractivity contribution in [3.8, 4) is 0 Å². The molecule has 4 bridgehead atoms. The Labute approximate surface area is 132 Å². The molecule has 4 aliphatic rings. The van der Waals surface area contributed by atoms with Crippen molar-refractivity contribution < 1.29 is 4.79 Å². The van der Waals surface area contributed by atoms with Gasteiger partial charge in [-0.05, 0) is 80.8 Å². The topological polar surface area (TPSA) is 42.0 Å². The van der Waals surface area contributed by atoms with Crippen LogP contribution in [0.3, 0.4) is 0 Å². The first-order chi connectivity index (χ1) is 10.6. The number of hydrogen-bond acceptors (Lipinski definition) is 2. The highest BCUT2D eigenvalue weighted by molar-refractivity contribution is 5.78. The maximum absolute atomic E-state index is 12.4. The molecule has 0 saturated heterocycles. The standard InChI is InChI=1S/C19H26N2O/c1-13(21-18(22)9-17-4-2-3-5-20-17)19-10-14-6-15(11-19)8-16(7-14)12-19/h2-5,13-16H,6-12H2,1H3,(H,21,22). The van der Waals surface area contributed by atoms with Crippen molar-refractivity contribution in [1.82, 2.24) is 10.3 Å². The zero-order valence-electron chi connectivity index (χ0n) is 13.4. The third-order valence-corrected chi connectivity index (χ3v) is 6.45. The summed E-state index contributed by atoms with van der Waals surface area (Å²) in [7, 11) is 0. The van der Waals surface area contributed by atoms with Crippen LogP contribution in [0.4, 0.5) is 0 Å². The van der Waals surface area contributed by atoms with Crippen LogP contribution in [-0.2, 0) is 11.2 Å². The molecule has 1 unspecified atom stereocenters. The third kappa shape index (κ3) is 2.55. The molecule has 118 valence electrons. The summed E-state index contributed by atoms with van der Waals surface area (Å²) in [6.45, 7) is 2.24. The zero-order chi connectivity index (χ0) is 15.2. The smallest absolute Gasteiger partial charge is 0.226 e. The summed E-state index contributed by atoms with van der Waals surface area (Å²) in [6, 6.07) is 6.06. The SMILES string of the molecule is CC(NC(=O)Cc1ccccn1)C12CC3CC(CC(C3)C1)C2. The molecule has 0 aliphatic heterocycles. The fourth-order valence-electron chi connectivity index (χ4n) is 5.82. The molecular formula is C19H26N2O. The Hall–Kier alpha value is -1.38. The van der Waals surface area contributed by atoms with E-state index < -0.39 is 0 Å². The predicted molar refractivity (Wildman–Crippen MR) is 86.2 cm³/mol. The fraction of sp³-hybridized carbons (Fsp3) is 0.684. The number of aromatic nitrogens is 1. The van der Waals surface area contributed by atoms with E-state index in [0.717, 1.165) is 23.4 Å². The van der Waals surface area contributed by atoms with Gasteiger partial charge in [0.15, 0.2) is 0 Å². The van der Waals surface area contributed by atoms with Gasteiger partial charge in [0.2, 0.25) is 5.91 Å². The highest BCUT2D eigenvalue weighted by atomic mass is 16.1. The van der Waals surface area contributed by atoms with Gasteiger partial charge in [0.05, 0.1) is 6.42 Å². The second-order valence-electron chi connectivity index (χ2n) is 8.07. The largest absolute Gasteiger partial charge is 0.353 e. The van der Waals surface area contributed by atoms with Crippen molar-refractivity contribution in [3.63, 3.8) is 0 Å². The molecule has 0 spiro atoms. The van der Waals surface area contributed by atoms with E-state index in [4.69, 9.17) is 0 Å². The average Bonchev–Trinajstić information content (AvgIpc) is 2.46. The van der Waals surface area contributed by atoms with Crippen molar-refractivity contribution in [1.29, 1.82) is 0 Å². The number of nitrogens with zero attached hydrogens (tertiary/aromatic N) is 1. The van der Waals surface area contributed by atoms with E-state index in [1.165, 1.54) is 38.5 Å². The average molecular weight is 298 g/mol. The molecule has 1 amide bonds. The Morgan fingerprint density at radius 2 is 1.86 bits per heavy atom. The number of carbonyl (C=O) groups is 1. The van der Waals surface area contributed by atoms with E-state index in [0.29, 0.717) is 17.9 Å². The quantitative estimate of drug-likeness (QED) is 0.926. The molecule has 5 rings (SSSR count). The molecule has 3 nitrogen and oxygen atoms in total. The lowest BCUT2D eigenvalue weighted by Gasteiger charge is -2.59. The van der Waals surface area contributed by atoms with Gasteiger partial charge in [-0.15, -0.1) is 0 Å². The molecule has 0 aromatic carbocycles. The molecule has 3 heteroatoms. The first-order valence-electron chi connectivity index (χ1n) is 8.82. The number of hydrogen-bond donors (Lipinski definition) is 1. The van der Waals surface area contributed by atoms with E-state index in [1.807, 2.05) is 18.2 Å². The molecule has 4 aliphatic carbocycles. The van der Waals surface area contributed by atoms with E-state index in [-0.39, 0.29) is 5.91 Å². The highest BCUT2D eigenvalue weighted by Crippen LogP contribution is 2.61. The number of pyridine rings is 1. The number of rotatable bonds is 4. The molecule has 22 heavy (non-hydrogen) atoms. The highest BCUT2D eigenvalue weighted by Gasteiger charge is 2.53. The normalized spacial score (nSPS) is 37.0. The van der Waals surface area contributed by atoms with Crippen LogP contribution in [0, 0.1) is 23.2 Å². The van der Waals surface area contributed by atoms with E-state index in [1.54, 1.807) is 6.20 Å². The molecular weight excluding hydrogens is 272 g/mol. The first-order valence-corrected chi connectivity index (χ1v) is 8.82. The minimum absolute atomic E-state index is 0.127. The Balaban J connectivity index is 1.41. The molecule has 1 aromatic rings. The summed E-state index contributed by atoms with van der Waals surface area (Å²) < 4.78 is 0. The van der Waals surface area contributed by atoms with Crippen LogP contribution in [-0.4, -0.2) is 16.9 Å². The van der Waals surface area contributed by atoms with E-state index in [2.05, 4.69) is 17.2 Å². The van der Waals surface area contributed by atoms with Gasteiger partial charge in [-0.25, -0.2) is 0 Å². The van der Waals surface area contributed by atoms with Gasteiger partial charge in [0.1, 0.15) is 0 Å². The maximum Gasteiger partial charge on any atom is 0.226 e. The molecule has 0 radical (unpaired) electrons. The fourth-order valence-corrected chi connectivity index (χ4v) is 5.82. The number of nitrogens with one attached hydrogen (secondary N) is 1. The monoisotopic (exact) mass is 298 g/mol. The second-order valence-corrected chi connectivity index (χ2v) is 8.07. The van der Waals surface area contributed by atoms with Crippen LogP contribution in [0.25, 0.3) is 0 Å². The molecule has 1 heterocycles. The van der Waals surface area contributed by atoms with Gasteiger partial charge in [0.25, 0.3) is 0 Å². The molecule has 1 aromatic heterocycles. The maximum atomic E-state index is 12.4. The van der Waals surface area contributed by atoms with Crippen LogP contribution in [0.15, 0.2) is 24.4 Å². The summed E-state index contributed by atoms with van der Waals surface area (Å²) in [4.78, 5) is 16.6. The minimum atomic E-state index is 0.127. The number of carbonyl (C=O) groups excluding carboxylic acids is 1. The molecule has 4 fully saturated rings. The van der Waals surface area contributed by atoms with E-state index >= 15 is 0 Å². The lowest BCUT2D eigenvalue weighted by Crippen LogP contribution is -2.56. The lowest BCUT2D eigenvalue weighted by atomic mass is 9.48. The van der Waals surface area contributed by atoms with Crippen molar-refractivity contribution in [3.05, 3.63) is 30.1 Å². The molecule has 4 saturated carbocycles. The first kappa shape index (κ1) is 14.2.